The van der Waals surface area contributed by atoms with Crippen molar-refractivity contribution < 1.29 is 9.90 Å². The van der Waals surface area contributed by atoms with Gasteiger partial charge in [0.05, 0.1) is 0 Å². The molecule has 2 unspecified atom stereocenters. The van der Waals surface area contributed by atoms with Crippen LogP contribution in [0.25, 0.3) is 6.08 Å². The van der Waals surface area contributed by atoms with Gasteiger partial charge in [-0.25, -0.2) is 9.78 Å². The molecule has 2 saturated heterocycles. The zero-order valence-corrected chi connectivity index (χ0v) is 12.3. The maximum atomic E-state index is 10.5. The Labute approximate surface area is 124 Å². The fourth-order valence-corrected chi connectivity index (χ4v) is 3.37. The van der Waals surface area contributed by atoms with E-state index >= 15 is 0 Å². The second-order valence-corrected chi connectivity index (χ2v) is 5.91. The van der Waals surface area contributed by atoms with Crippen LogP contribution in [0.3, 0.4) is 0 Å². The van der Waals surface area contributed by atoms with Crippen LogP contribution in [-0.4, -0.2) is 53.2 Å². The summed E-state index contributed by atoms with van der Waals surface area (Å²) in [6, 6.07) is 5.26. The molecule has 0 aromatic carbocycles. The fraction of sp³-hybridized carbons (Fsp3) is 0.500. The van der Waals surface area contributed by atoms with Crippen LogP contribution in [0.5, 0.6) is 0 Å². The smallest absolute Gasteiger partial charge is 0.328 e. The lowest BCUT2D eigenvalue weighted by Gasteiger charge is -2.26. The van der Waals surface area contributed by atoms with Crippen molar-refractivity contribution in [3.05, 3.63) is 30.0 Å². The van der Waals surface area contributed by atoms with Crippen LogP contribution in [0, 0.1) is 0 Å². The Morgan fingerprint density at radius 3 is 2.86 bits per heavy atom. The van der Waals surface area contributed by atoms with Gasteiger partial charge in [0.15, 0.2) is 0 Å². The van der Waals surface area contributed by atoms with Gasteiger partial charge in [0.2, 0.25) is 0 Å². The van der Waals surface area contributed by atoms with Crippen LogP contribution in [0.2, 0.25) is 0 Å². The summed E-state index contributed by atoms with van der Waals surface area (Å²) in [6.45, 7) is 2.08. The number of likely N-dealkylation sites (N-methyl/N-ethyl adjacent to an activating group) is 1. The molecule has 0 spiro atoms. The lowest BCUT2D eigenvalue weighted by molar-refractivity contribution is -0.131. The number of hydrogen-bond donors (Lipinski definition) is 1. The number of carboxylic acid groups (broad SMARTS) is 1. The van der Waals surface area contributed by atoms with Gasteiger partial charge in [-0.3, -0.25) is 4.90 Å². The van der Waals surface area contributed by atoms with Gasteiger partial charge in [-0.05, 0) is 50.1 Å². The first kappa shape index (κ1) is 14.1. The minimum atomic E-state index is -0.939. The molecule has 0 radical (unpaired) electrons. The van der Waals surface area contributed by atoms with Gasteiger partial charge in [0.25, 0.3) is 0 Å². The first-order valence-corrected chi connectivity index (χ1v) is 7.47. The molecule has 5 heteroatoms. The van der Waals surface area contributed by atoms with E-state index in [9.17, 15) is 4.79 Å². The van der Waals surface area contributed by atoms with E-state index in [2.05, 4.69) is 21.8 Å². The molecule has 1 aromatic rings. The number of fused-ring (bicyclic) bond motifs is 2. The molecule has 1 aromatic heterocycles. The second kappa shape index (κ2) is 5.85. The van der Waals surface area contributed by atoms with Crippen molar-refractivity contribution in [3.63, 3.8) is 0 Å². The number of anilines is 1. The minimum absolute atomic E-state index is 0.630. The quantitative estimate of drug-likeness (QED) is 0.860. The average Bonchev–Trinajstić information content (AvgIpc) is 2.71. The first-order chi connectivity index (χ1) is 10.1. The van der Waals surface area contributed by atoms with E-state index < -0.39 is 5.97 Å². The highest BCUT2D eigenvalue weighted by atomic mass is 16.4. The fourth-order valence-electron chi connectivity index (χ4n) is 3.37. The highest BCUT2D eigenvalue weighted by Crippen LogP contribution is 2.30. The van der Waals surface area contributed by atoms with Gasteiger partial charge < -0.3 is 10.0 Å². The van der Waals surface area contributed by atoms with E-state index in [1.807, 2.05) is 12.1 Å². The summed E-state index contributed by atoms with van der Waals surface area (Å²) in [5.74, 6) is 0.0501. The van der Waals surface area contributed by atoms with Crippen molar-refractivity contribution in [2.75, 3.05) is 25.0 Å². The molecule has 0 amide bonds. The lowest BCUT2D eigenvalue weighted by Crippen LogP contribution is -2.36. The van der Waals surface area contributed by atoms with Crippen molar-refractivity contribution in [1.82, 2.24) is 9.88 Å². The number of hydrogen-bond acceptors (Lipinski definition) is 4. The van der Waals surface area contributed by atoms with E-state index in [1.165, 1.54) is 19.3 Å². The highest BCUT2D eigenvalue weighted by molar-refractivity contribution is 5.85. The number of rotatable bonds is 3. The molecule has 1 N–H and O–H groups in total. The van der Waals surface area contributed by atoms with E-state index in [0.717, 1.165) is 36.6 Å². The molecule has 0 aliphatic carbocycles. The van der Waals surface area contributed by atoms with Crippen molar-refractivity contribution in [1.29, 1.82) is 0 Å². The number of carboxylic acids is 1. The Bertz CT molecular complexity index is 541. The zero-order valence-electron chi connectivity index (χ0n) is 12.3. The van der Waals surface area contributed by atoms with Gasteiger partial charge in [0.1, 0.15) is 5.82 Å². The summed E-state index contributed by atoms with van der Waals surface area (Å²) in [5.41, 5.74) is 0.814. The van der Waals surface area contributed by atoms with Crippen LogP contribution in [0.4, 0.5) is 5.82 Å². The Morgan fingerprint density at radius 1 is 1.33 bits per heavy atom. The topological polar surface area (TPSA) is 56.7 Å². The molecule has 2 aliphatic heterocycles. The third kappa shape index (κ3) is 3.08. The standard InChI is InChI=1S/C16H21N3O2/c1-18-13-4-5-14(18)11-19(9-8-13)15-6-2-12(10-17-15)3-7-16(20)21/h2-3,6-7,10,13-14H,4-5,8-9,11H2,1H3,(H,20,21)/b7-3+. The molecule has 2 aliphatic rings. The monoisotopic (exact) mass is 287 g/mol. The Balaban J connectivity index is 1.71. The zero-order chi connectivity index (χ0) is 14.8. The van der Waals surface area contributed by atoms with Crippen LogP contribution >= 0.6 is 0 Å². The van der Waals surface area contributed by atoms with Gasteiger partial charge in [0, 0.05) is 37.4 Å². The van der Waals surface area contributed by atoms with Crippen molar-refractivity contribution in [2.45, 2.75) is 31.3 Å². The van der Waals surface area contributed by atoms with Crippen LogP contribution in [0.15, 0.2) is 24.4 Å². The van der Waals surface area contributed by atoms with Crippen molar-refractivity contribution in [2.24, 2.45) is 0 Å². The van der Waals surface area contributed by atoms with Gasteiger partial charge in [-0.2, -0.15) is 0 Å². The summed E-state index contributed by atoms with van der Waals surface area (Å²) in [5, 5.41) is 8.63. The van der Waals surface area contributed by atoms with E-state index in [4.69, 9.17) is 5.11 Å². The summed E-state index contributed by atoms with van der Waals surface area (Å²) >= 11 is 0. The summed E-state index contributed by atoms with van der Waals surface area (Å²) in [4.78, 5) is 19.9. The molecule has 3 rings (SSSR count). The second-order valence-electron chi connectivity index (χ2n) is 5.91. The number of carbonyl (C=O) groups is 1. The normalized spacial score (nSPS) is 26.2. The highest BCUT2D eigenvalue weighted by Gasteiger charge is 2.34. The SMILES string of the molecule is CN1C2CCC1CN(c1ccc(/C=C/C(=O)O)cn1)CC2. The first-order valence-electron chi connectivity index (χ1n) is 7.47. The van der Waals surface area contributed by atoms with E-state index in [-0.39, 0.29) is 0 Å². The molecule has 0 saturated carbocycles. The third-order valence-corrected chi connectivity index (χ3v) is 4.66. The van der Waals surface area contributed by atoms with E-state index in [1.54, 1.807) is 12.3 Å². The van der Waals surface area contributed by atoms with E-state index in [0.29, 0.717) is 6.04 Å². The number of aromatic nitrogens is 1. The van der Waals surface area contributed by atoms with Crippen LogP contribution < -0.4 is 4.90 Å². The van der Waals surface area contributed by atoms with Crippen molar-refractivity contribution >= 4 is 17.9 Å². The molecular formula is C16H21N3O2. The third-order valence-electron chi connectivity index (χ3n) is 4.66. The Hall–Kier alpha value is -1.88. The maximum absolute atomic E-state index is 10.5. The number of aliphatic carboxylic acids is 1. The average molecular weight is 287 g/mol. The molecule has 112 valence electrons. The van der Waals surface area contributed by atoms with Gasteiger partial charge in [-0.1, -0.05) is 0 Å². The molecule has 2 bridgehead atoms. The predicted molar refractivity (Wildman–Crippen MR) is 82.3 cm³/mol. The summed E-state index contributed by atoms with van der Waals surface area (Å²) < 4.78 is 0. The van der Waals surface area contributed by atoms with Crippen LogP contribution in [-0.2, 0) is 4.79 Å². The molecule has 5 nitrogen and oxygen atoms in total. The largest absolute Gasteiger partial charge is 0.478 e. The van der Waals surface area contributed by atoms with Gasteiger partial charge >= 0.3 is 5.97 Å². The lowest BCUT2D eigenvalue weighted by atomic mass is 10.1. The molecule has 21 heavy (non-hydrogen) atoms. The van der Waals surface area contributed by atoms with Crippen molar-refractivity contribution in [3.8, 4) is 0 Å². The molecular weight excluding hydrogens is 266 g/mol. The Kier molecular flexibility index (Phi) is 3.92. The molecule has 3 heterocycles. The number of nitrogens with zero attached hydrogens (tertiary/aromatic N) is 3. The minimum Gasteiger partial charge on any atom is -0.478 e. The summed E-state index contributed by atoms with van der Waals surface area (Å²) in [7, 11) is 2.24. The van der Waals surface area contributed by atoms with Gasteiger partial charge in [-0.15, -0.1) is 0 Å². The number of pyridine rings is 1. The van der Waals surface area contributed by atoms with Crippen LogP contribution in [0.1, 0.15) is 24.8 Å². The molecule has 2 fully saturated rings. The summed E-state index contributed by atoms with van der Waals surface area (Å²) in [6.07, 6.45) is 8.23. The maximum Gasteiger partial charge on any atom is 0.328 e. The Morgan fingerprint density at radius 2 is 2.14 bits per heavy atom. The predicted octanol–water partition coefficient (Wildman–Crippen LogP) is 1.85. The molecule has 2 atom stereocenters.